The Morgan fingerprint density at radius 1 is 1.24 bits per heavy atom. The maximum atomic E-state index is 11.5. The zero-order chi connectivity index (χ0) is 13.3. The van der Waals surface area contributed by atoms with Crippen molar-refractivity contribution in [1.82, 2.24) is 0 Å². The number of anilines is 1. The summed E-state index contributed by atoms with van der Waals surface area (Å²) in [5.74, 6) is 0. The smallest absolute Gasteiger partial charge is 0.247 e. The van der Waals surface area contributed by atoms with Crippen LogP contribution in [-0.2, 0) is 19.9 Å². The molecule has 96 valence electrons. The highest BCUT2D eigenvalue weighted by Gasteiger charge is 2.18. The minimum absolute atomic E-state index is 0.319. The maximum Gasteiger partial charge on any atom is 0.247 e. The molecule has 0 aliphatic rings. The summed E-state index contributed by atoms with van der Waals surface area (Å²) < 4.78 is 47.8. The third-order valence-electron chi connectivity index (χ3n) is 1.76. The molecule has 0 fully saturated rings. The summed E-state index contributed by atoms with van der Waals surface area (Å²) >= 11 is 3.20. The van der Waals surface area contributed by atoms with E-state index >= 15 is 0 Å². The second kappa shape index (κ2) is 4.95. The monoisotopic (exact) mass is 341 g/mol. The van der Waals surface area contributed by atoms with Crippen LogP contribution in [0.2, 0.25) is 0 Å². The Morgan fingerprint density at radius 3 is 2.29 bits per heavy atom. The lowest BCUT2D eigenvalue weighted by atomic mass is 10.2. The second-order valence-corrected chi connectivity index (χ2v) is 8.83. The van der Waals surface area contributed by atoms with Crippen LogP contribution >= 0.6 is 15.9 Å². The molecule has 17 heavy (non-hydrogen) atoms. The average molecular weight is 342 g/mol. The molecule has 0 radical (unpaired) electrons. The van der Waals surface area contributed by atoms with Gasteiger partial charge in [-0.2, -0.15) is 0 Å². The molecule has 8 heteroatoms. The predicted octanol–water partition coefficient (Wildman–Crippen LogP) is 1.50. The van der Waals surface area contributed by atoms with Crippen molar-refractivity contribution in [1.29, 1.82) is 0 Å². The molecule has 0 unspecified atom stereocenters. The van der Waals surface area contributed by atoms with Gasteiger partial charge in [0.2, 0.25) is 10.0 Å². The molecular formula is C9H12BrNO4S2. The SMILES string of the molecule is Cc1ccc(NS(=O)(=O)CS(C)(=O)=O)c(Br)c1. The van der Waals surface area contributed by atoms with E-state index in [0.29, 0.717) is 10.2 Å². The van der Waals surface area contributed by atoms with Gasteiger partial charge in [0.1, 0.15) is 0 Å². The van der Waals surface area contributed by atoms with Crippen molar-refractivity contribution in [3.63, 3.8) is 0 Å². The van der Waals surface area contributed by atoms with Gasteiger partial charge >= 0.3 is 0 Å². The molecule has 0 heterocycles. The quantitative estimate of drug-likeness (QED) is 0.899. The van der Waals surface area contributed by atoms with Crippen molar-refractivity contribution in [2.45, 2.75) is 6.92 Å². The molecule has 1 rings (SSSR count). The Bertz CT molecular complexity index is 622. The maximum absolute atomic E-state index is 11.5. The van der Waals surface area contributed by atoms with Crippen LogP contribution in [0.5, 0.6) is 0 Å². The van der Waals surface area contributed by atoms with Gasteiger partial charge < -0.3 is 0 Å². The molecule has 0 amide bonds. The summed E-state index contributed by atoms with van der Waals surface area (Å²) in [6, 6.07) is 5.03. The molecule has 0 aromatic heterocycles. The third kappa shape index (κ3) is 5.05. The zero-order valence-electron chi connectivity index (χ0n) is 9.27. The van der Waals surface area contributed by atoms with Crippen molar-refractivity contribution in [3.05, 3.63) is 28.2 Å². The van der Waals surface area contributed by atoms with E-state index in [2.05, 4.69) is 20.7 Å². The number of sulfonamides is 1. The van der Waals surface area contributed by atoms with Gasteiger partial charge in [-0.05, 0) is 40.5 Å². The van der Waals surface area contributed by atoms with Gasteiger partial charge in [-0.15, -0.1) is 0 Å². The summed E-state index contributed by atoms with van der Waals surface area (Å²) in [7, 11) is -7.48. The first kappa shape index (κ1) is 14.5. The number of halogens is 1. The van der Waals surface area contributed by atoms with Gasteiger partial charge in [0, 0.05) is 10.7 Å². The Morgan fingerprint density at radius 2 is 1.82 bits per heavy atom. The first-order valence-electron chi connectivity index (χ1n) is 4.53. The summed E-state index contributed by atoms with van der Waals surface area (Å²) in [6.07, 6.45) is 0.871. The van der Waals surface area contributed by atoms with Crippen molar-refractivity contribution < 1.29 is 16.8 Å². The molecule has 0 atom stereocenters. The van der Waals surface area contributed by atoms with Gasteiger partial charge in [0.25, 0.3) is 0 Å². The van der Waals surface area contributed by atoms with Gasteiger partial charge in [0.05, 0.1) is 5.69 Å². The predicted molar refractivity (Wildman–Crippen MR) is 71.1 cm³/mol. The van der Waals surface area contributed by atoms with Gasteiger partial charge in [-0.25, -0.2) is 16.8 Å². The van der Waals surface area contributed by atoms with Crippen LogP contribution < -0.4 is 4.72 Å². The molecule has 0 spiro atoms. The van der Waals surface area contributed by atoms with E-state index in [1.807, 2.05) is 6.92 Å². The summed E-state index contributed by atoms with van der Waals surface area (Å²) in [5.41, 5.74) is 1.28. The number of benzene rings is 1. The lowest BCUT2D eigenvalue weighted by molar-refractivity contribution is 0.595. The fraction of sp³-hybridized carbons (Fsp3) is 0.333. The van der Waals surface area contributed by atoms with E-state index in [-0.39, 0.29) is 0 Å². The van der Waals surface area contributed by atoms with Crippen molar-refractivity contribution in [3.8, 4) is 0 Å². The Hall–Kier alpha value is -0.600. The van der Waals surface area contributed by atoms with Crippen molar-refractivity contribution in [2.75, 3.05) is 16.1 Å². The van der Waals surface area contributed by atoms with Gasteiger partial charge in [-0.1, -0.05) is 6.07 Å². The molecule has 0 saturated carbocycles. The van der Waals surface area contributed by atoms with Crippen LogP contribution in [0.4, 0.5) is 5.69 Å². The molecule has 0 bridgehead atoms. The summed E-state index contributed by atoms with van der Waals surface area (Å²) in [4.78, 5) is 0. The summed E-state index contributed by atoms with van der Waals surface area (Å²) in [6.45, 7) is 1.86. The van der Waals surface area contributed by atoms with Gasteiger partial charge in [-0.3, -0.25) is 4.72 Å². The number of rotatable bonds is 4. The highest BCUT2D eigenvalue weighted by Crippen LogP contribution is 2.24. The molecule has 0 aliphatic heterocycles. The van der Waals surface area contributed by atoms with Crippen LogP contribution in [0.3, 0.4) is 0 Å². The highest BCUT2D eigenvalue weighted by molar-refractivity contribution is 9.10. The Balaban J connectivity index is 2.99. The molecule has 0 aliphatic carbocycles. The van der Waals surface area contributed by atoms with E-state index in [4.69, 9.17) is 0 Å². The molecule has 1 N–H and O–H groups in total. The minimum atomic E-state index is -3.90. The van der Waals surface area contributed by atoms with Crippen LogP contribution in [0.1, 0.15) is 5.56 Å². The number of sulfone groups is 1. The molecular weight excluding hydrogens is 330 g/mol. The number of hydrogen-bond acceptors (Lipinski definition) is 4. The van der Waals surface area contributed by atoms with E-state index in [9.17, 15) is 16.8 Å². The first-order valence-corrected chi connectivity index (χ1v) is 9.04. The Kier molecular flexibility index (Phi) is 4.21. The van der Waals surface area contributed by atoms with E-state index < -0.39 is 24.9 Å². The molecule has 0 saturated heterocycles. The zero-order valence-corrected chi connectivity index (χ0v) is 12.5. The topological polar surface area (TPSA) is 80.3 Å². The van der Waals surface area contributed by atoms with Crippen LogP contribution in [0.25, 0.3) is 0 Å². The van der Waals surface area contributed by atoms with E-state index in [0.717, 1.165) is 11.8 Å². The van der Waals surface area contributed by atoms with E-state index in [1.54, 1.807) is 18.2 Å². The third-order valence-corrected chi connectivity index (χ3v) is 5.90. The molecule has 1 aromatic rings. The highest BCUT2D eigenvalue weighted by atomic mass is 79.9. The van der Waals surface area contributed by atoms with Crippen molar-refractivity contribution >= 4 is 41.5 Å². The number of hydrogen-bond donors (Lipinski definition) is 1. The fourth-order valence-electron chi connectivity index (χ4n) is 1.18. The average Bonchev–Trinajstić information content (AvgIpc) is 2.05. The number of nitrogens with one attached hydrogen (secondary N) is 1. The van der Waals surface area contributed by atoms with E-state index in [1.165, 1.54) is 0 Å². The summed E-state index contributed by atoms with van der Waals surface area (Å²) in [5, 5.41) is -0.930. The molecule has 1 aromatic carbocycles. The normalized spacial score (nSPS) is 12.4. The fourth-order valence-corrected chi connectivity index (χ4v) is 4.91. The lowest BCUT2D eigenvalue weighted by Gasteiger charge is -2.09. The van der Waals surface area contributed by atoms with Crippen molar-refractivity contribution in [2.24, 2.45) is 0 Å². The second-order valence-electron chi connectivity index (χ2n) is 3.74. The standard InChI is InChI=1S/C9H12BrNO4S2/c1-7-3-4-9(8(10)5-7)11-17(14,15)6-16(2,12)13/h3-5,11H,6H2,1-2H3. The van der Waals surface area contributed by atoms with Crippen LogP contribution in [-0.4, -0.2) is 28.2 Å². The number of aryl methyl sites for hydroxylation is 1. The van der Waals surface area contributed by atoms with Gasteiger partial charge in [0.15, 0.2) is 14.9 Å². The minimum Gasteiger partial charge on any atom is -0.282 e. The van der Waals surface area contributed by atoms with Crippen LogP contribution in [0, 0.1) is 6.92 Å². The lowest BCUT2D eigenvalue weighted by Crippen LogP contribution is -2.22. The first-order chi connectivity index (χ1) is 7.59. The largest absolute Gasteiger partial charge is 0.282 e. The molecule has 5 nitrogen and oxygen atoms in total. The Labute approximate surface area is 109 Å². The van der Waals surface area contributed by atoms with Crippen LogP contribution in [0.15, 0.2) is 22.7 Å².